The zero-order chi connectivity index (χ0) is 13.6. The van der Waals surface area contributed by atoms with Crippen LogP contribution in [0.25, 0.3) is 0 Å². The van der Waals surface area contributed by atoms with Crippen molar-refractivity contribution in [3.05, 3.63) is 0 Å². The van der Waals surface area contributed by atoms with E-state index in [2.05, 4.69) is 13.0 Å². The van der Waals surface area contributed by atoms with Crippen molar-refractivity contribution in [1.82, 2.24) is 4.90 Å². The van der Waals surface area contributed by atoms with Gasteiger partial charge in [0.15, 0.2) is 0 Å². The van der Waals surface area contributed by atoms with Gasteiger partial charge in [0.1, 0.15) is 5.54 Å². The van der Waals surface area contributed by atoms with Gasteiger partial charge in [-0.25, -0.2) is 0 Å². The van der Waals surface area contributed by atoms with Gasteiger partial charge in [0.2, 0.25) is 5.91 Å². The smallest absolute Gasteiger partial charge is 0.225 e. The number of amides is 1. The summed E-state index contributed by atoms with van der Waals surface area (Å²) in [5.74, 6) is 0.299. The molecular formula is C14H25N3O. The lowest BCUT2D eigenvalue weighted by atomic mass is 9.77. The van der Waals surface area contributed by atoms with Crippen LogP contribution in [0.4, 0.5) is 0 Å². The van der Waals surface area contributed by atoms with E-state index in [-0.39, 0.29) is 11.8 Å². The van der Waals surface area contributed by atoms with E-state index in [1.807, 2.05) is 11.9 Å². The summed E-state index contributed by atoms with van der Waals surface area (Å²) >= 11 is 0. The minimum absolute atomic E-state index is 0.0710. The molecule has 1 rings (SSSR count). The van der Waals surface area contributed by atoms with E-state index in [1.54, 1.807) is 0 Å². The van der Waals surface area contributed by atoms with Gasteiger partial charge in [-0.1, -0.05) is 19.8 Å². The van der Waals surface area contributed by atoms with E-state index in [4.69, 9.17) is 11.0 Å². The Morgan fingerprint density at radius 2 is 2.06 bits per heavy atom. The normalized spacial score (nSPS) is 27.6. The van der Waals surface area contributed by atoms with Crippen molar-refractivity contribution in [1.29, 1.82) is 5.26 Å². The molecule has 1 saturated carbocycles. The van der Waals surface area contributed by atoms with Crippen LogP contribution in [0.1, 0.15) is 51.9 Å². The van der Waals surface area contributed by atoms with Gasteiger partial charge in [-0.3, -0.25) is 4.79 Å². The molecule has 1 fully saturated rings. The Labute approximate surface area is 110 Å². The molecule has 0 bridgehead atoms. The molecule has 1 aliphatic carbocycles. The van der Waals surface area contributed by atoms with Gasteiger partial charge >= 0.3 is 0 Å². The Morgan fingerprint density at radius 3 is 2.56 bits per heavy atom. The van der Waals surface area contributed by atoms with Crippen molar-refractivity contribution in [2.75, 3.05) is 13.6 Å². The van der Waals surface area contributed by atoms with E-state index in [0.717, 1.165) is 25.8 Å². The summed E-state index contributed by atoms with van der Waals surface area (Å²) in [4.78, 5) is 14.0. The minimum atomic E-state index is -0.697. The fraction of sp³-hybridized carbons (Fsp3) is 0.857. The van der Waals surface area contributed by atoms with Gasteiger partial charge in [-0.15, -0.1) is 0 Å². The number of nitriles is 1. The SMILES string of the molecule is CCCCCN(C)C(=O)C1CCC(N)(C#N)CC1. The summed E-state index contributed by atoms with van der Waals surface area (Å²) in [7, 11) is 1.88. The van der Waals surface area contributed by atoms with Crippen molar-refractivity contribution in [2.45, 2.75) is 57.4 Å². The third-order valence-electron chi connectivity index (χ3n) is 3.92. The van der Waals surface area contributed by atoms with Crippen molar-refractivity contribution in [3.63, 3.8) is 0 Å². The Morgan fingerprint density at radius 1 is 1.44 bits per heavy atom. The molecule has 102 valence electrons. The largest absolute Gasteiger partial charge is 0.346 e. The molecule has 4 heteroatoms. The first-order valence-corrected chi connectivity index (χ1v) is 6.97. The van der Waals surface area contributed by atoms with Crippen molar-refractivity contribution < 1.29 is 4.79 Å². The number of rotatable bonds is 5. The maximum atomic E-state index is 12.2. The van der Waals surface area contributed by atoms with Crippen LogP contribution >= 0.6 is 0 Å². The predicted molar refractivity (Wildman–Crippen MR) is 71.7 cm³/mol. The molecule has 0 radical (unpaired) electrons. The monoisotopic (exact) mass is 251 g/mol. The summed E-state index contributed by atoms with van der Waals surface area (Å²) in [5.41, 5.74) is 5.21. The molecule has 0 aromatic rings. The van der Waals surface area contributed by atoms with E-state index in [9.17, 15) is 4.79 Å². The molecule has 2 N–H and O–H groups in total. The van der Waals surface area contributed by atoms with E-state index in [0.29, 0.717) is 12.8 Å². The second-order valence-electron chi connectivity index (χ2n) is 5.51. The molecule has 0 saturated heterocycles. The van der Waals surface area contributed by atoms with Gasteiger partial charge in [0.25, 0.3) is 0 Å². The molecule has 0 atom stereocenters. The molecule has 0 aromatic heterocycles. The van der Waals surface area contributed by atoms with Crippen LogP contribution in [0.2, 0.25) is 0 Å². The third-order valence-corrected chi connectivity index (χ3v) is 3.92. The summed E-state index contributed by atoms with van der Waals surface area (Å²) < 4.78 is 0. The van der Waals surface area contributed by atoms with E-state index < -0.39 is 5.54 Å². The average Bonchev–Trinajstić information content (AvgIpc) is 2.39. The number of hydrogen-bond acceptors (Lipinski definition) is 3. The lowest BCUT2D eigenvalue weighted by Gasteiger charge is -2.33. The van der Waals surface area contributed by atoms with Crippen LogP contribution in [0.5, 0.6) is 0 Å². The maximum absolute atomic E-state index is 12.2. The number of nitrogens with zero attached hydrogens (tertiary/aromatic N) is 2. The lowest BCUT2D eigenvalue weighted by Crippen LogP contribution is -2.45. The molecule has 0 aromatic carbocycles. The summed E-state index contributed by atoms with van der Waals surface area (Å²) in [6, 6.07) is 2.16. The number of unbranched alkanes of at least 4 members (excludes halogenated alkanes) is 2. The highest BCUT2D eigenvalue weighted by Crippen LogP contribution is 2.30. The van der Waals surface area contributed by atoms with Gasteiger partial charge in [-0.2, -0.15) is 5.26 Å². The number of nitrogens with two attached hydrogens (primary N) is 1. The van der Waals surface area contributed by atoms with Gasteiger partial charge < -0.3 is 10.6 Å². The summed E-state index contributed by atoms with van der Waals surface area (Å²) in [6.45, 7) is 3.00. The third kappa shape index (κ3) is 3.99. The van der Waals surface area contributed by atoms with Crippen LogP contribution in [0.3, 0.4) is 0 Å². The highest BCUT2D eigenvalue weighted by Gasteiger charge is 2.35. The standard InChI is InChI=1S/C14H25N3O/c1-3-4-5-10-17(2)13(18)12-6-8-14(16,11-15)9-7-12/h12H,3-10,16H2,1-2H3. The Hall–Kier alpha value is -1.08. The second-order valence-corrected chi connectivity index (χ2v) is 5.51. The average molecular weight is 251 g/mol. The highest BCUT2D eigenvalue weighted by atomic mass is 16.2. The van der Waals surface area contributed by atoms with E-state index in [1.165, 1.54) is 12.8 Å². The van der Waals surface area contributed by atoms with Gasteiger partial charge in [0, 0.05) is 19.5 Å². The molecule has 0 aliphatic heterocycles. The van der Waals surface area contributed by atoms with Gasteiger partial charge in [-0.05, 0) is 32.1 Å². The summed E-state index contributed by atoms with van der Waals surface area (Å²) in [6.07, 6.45) is 6.20. The first-order chi connectivity index (χ1) is 8.52. The Balaban J connectivity index is 2.38. The number of carbonyl (C=O) groups excluding carboxylic acids is 1. The first-order valence-electron chi connectivity index (χ1n) is 6.97. The molecule has 4 nitrogen and oxygen atoms in total. The zero-order valence-electron chi connectivity index (χ0n) is 11.6. The molecule has 1 aliphatic rings. The van der Waals surface area contributed by atoms with Crippen LogP contribution in [0.15, 0.2) is 0 Å². The molecule has 0 spiro atoms. The van der Waals surface area contributed by atoms with E-state index >= 15 is 0 Å². The fourth-order valence-corrected chi connectivity index (χ4v) is 2.51. The lowest BCUT2D eigenvalue weighted by molar-refractivity contribution is -0.135. The molecular weight excluding hydrogens is 226 g/mol. The Bertz CT molecular complexity index is 313. The van der Waals surface area contributed by atoms with Crippen LogP contribution in [-0.2, 0) is 4.79 Å². The number of hydrogen-bond donors (Lipinski definition) is 1. The zero-order valence-corrected chi connectivity index (χ0v) is 11.6. The second kappa shape index (κ2) is 6.75. The Kier molecular flexibility index (Phi) is 5.61. The molecule has 18 heavy (non-hydrogen) atoms. The molecule has 0 heterocycles. The van der Waals surface area contributed by atoms with Gasteiger partial charge in [0.05, 0.1) is 6.07 Å². The minimum Gasteiger partial charge on any atom is -0.346 e. The molecule has 1 amide bonds. The maximum Gasteiger partial charge on any atom is 0.225 e. The van der Waals surface area contributed by atoms with Crippen LogP contribution in [0, 0.1) is 17.2 Å². The number of carbonyl (C=O) groups is 1. The molecule has 0 unspecified atom stereocenters. The topological polar surface area (TPSA) is 70.1 Å². The van der Waals surface area contributed by atoms with Crippen molar-refractivity contribution in [2.24, 2.45) is 11.7 Å². The van der Waals surface area contributed by atoms with Crippen LogP contribution < -0.4 is 5.73 Å². The fourth-order valence-electron chi connectivity index (χ4n) is 2.51. The predicted octanol–water partition coefficient (Wildman–Crippen LogP) is 2.05. The van der Waals surface area contributed by atoms with Crippen LogP contribution in [-0.4, -0.2) is 29.9 Å². The highest BCUT2D eigenvalue weighted by molar-refractivity contribution is 5.78. The van der Waals surface area contributed by atoms with Crippen molar-refractivity contribution >= 4 is 5.91 Å². The first kappa shape index (κ1) is 15.0. The van der Waals surface area contributed by atoms with Crippen molar-refractivity contribution in [3.8, 4) is 6.07 Å². The quantitative estimate of drug-likeness (QED) is 0.760. The summed E-state index contributed by atoms with van der Waals surface area (Å²) in [5, 5.41) is 8.96.